The Kier molecular flexibility index (Phi) is 10.0. The SMILES string of the molecule is CNC(=O)CC1CCN(C(=NCc2nnc(C)n2C)NCCc2cccs2)CC1.I. The first-order valence-corrected chi connectivity index (χ1v) is 11.1. The average Bonchev–Trinajstić information content (AvgIpc) is 3.36. The topological polar surface area (TPSA) is 87.4 Å². The summed E-state index contributed by atoms with van der Waals surface area (Å²) < 4.78 is 1.97. The Bertz CT molecular complexity index is 813. The van der Waals surface area contributed by atoms with Crippen LogP contribution in [0.4, 0.5) is 0 Å². The second-order valence-corrected chi connectivity index (χ2v) is 8.46. The zero-order valence-corrected chi connectivity index (χ0v) is 21.1. The van der Waals surface area contributed by atoms with E-state index in [1.165, 1.54) is 4.88 Å². The van der Waals surface area contributed by atoms with E-state index in [1.54, 1.807) is 18.4 Å². The van der Waals surface area contributed by atoms with Crippen molar-refractivity contribution in [1.82, 2.24) is 30.3 Å². The number of amides is 1. The highest BCUT2D eigenvalue weighted by molar-refractivity contribution is 14.0. The summed E-state index contributed by atoms with van der Waals surface area (Å²) in [6.45, 7) is 5.10. The Labute approximate surface area is 199 Å². The molecule has 30 heavy (non-hydrogen) atoms. The molecule has 0 aromatic carbocycles. The fourth-order valence-corrected chi connectivity index (χ4v) is 4.18. The molecule has 3 rings (SSSR count). The van der Waals surface area contributed by atoms with Crippen LogP contribution in [0.15, 0.2) is 22.5 Å². The van der Waals surface area contributed by atoms with Crippen LogP contribution in [0.1, 0.15) is 35.8 Å². The third-order valence-corrected chi connectivity index (χ3v) is 6.39. The van der Waals surface area contributed by atoms with Gasteiger partial charge in [-0.1, -0.05) is 6.07 Å². The van der Waals surface area contributed by atoms with Gasteiger partial charge in [-0.3, -0.25) is 4.79 Å². The largest absolute Gasteiger partial charge is 0.359 e. The van der Waals surface area contributed by atoms with Crippen LogP contribution in [-0.2, 0) is 24.8 Å². The summed E-state index contributed by atoms with van der Waals surface area (Å²) in [7, 11) is 3.67. The number of hydrogen-bond acceptors (Lipinski definition) is 5. The summed E-state index contributed by atoms with van der Waals surface area (Å²) in [5.41, 5.74) is 0. The lowest BCUT2D eigenvalue weighted by Gasteiger charge is -2.34. The third-order valence-electron chi connectivity index (χ3n) is 5.45. The third kappa shape index (κ3) is 6.93. The predicted octanol–water partition coefficient (Wildman–Crippen LogP) is 2.34. The standard InChI is InChI=1S/C20H31N7OS.HI/c1-15-24-25-18(26(15)3)14-23-20(22-9-6-17-5-4-12-29-17)27-10-7-16(8-11-27)13-19(28)21-2;/h4-5,12,16H,6-11,13-14H2,1-3H3,(H,21,28)(H,22,23);1H. The Morgan fingerprint density at radius 1 is 1.33 bits per heavy atom. The van der Waals surface area contributed by atoms with E-state index in [1.807, 2.05) is 18.5 Å². The fourth-order valence-electron chi connectivity index (χ4n) is 3.47. The van der Waals surface area contributed by atoms with E-state index in [0.717, 1.165) is 56.5 Å². The number of likely N-dealkylation sites (tertiary alicyclic amines) is 1. The highest BCUT2D eigenvalue weighted by Gasteiger charge is 2.23. The van der Waals surface area contributed by atoms with Gasteiger partial charge in [-0.05, 0) is 43.6 Å². The lowest BCUT2D eigenvalue weighted by Crippen LogP contribution is -2.46. The molecular weight excluding hydrogens is 513 g/mol. The van der Waals surface area contributed by atoms with Gasteiger partial charge in [0, 0.05) is 45.0 Å². The van der Waals surface area contributed by atoms with Crippen molar-refractivity contribution in [3.8, 4) is 0 Å². The molecule has 0 unspecified atom stereocenters. The van der Waals surface area contributed by atoms with Crippen molar-refractivity contribution in [3.63, 3.8) is 0 Å². The van der Waals surface area contributed by atoms with E-state index < -0.39 is 0 Å². The monoisotopic (exact) mass is 545 g/mol. The Hall–Kier alpha value is -1.69. The van der Waals surface area contributed by atoms with E-state index in [4.69, 9.17) is 4.99 Å². The van der Waals surface area contributed by atoms with Crippen molar-refractivity contribution in [2.45, 2.75) is 39.2 Å². The summed E-state index contributed by atoms with van der Waals surface area (Å²) in [5, 5.41) is 16.7. The molecule has 1 amide bonds. The van der Waals surface area contributed by atoms with Crippen LogP contribution in [0.5, 0.6) is 0 Å². The summed E-state index contributed by atoms with van der Waals surface area (Å²) in [6, 6.07) is 4.25. The molecule has 0 atom stereocenters. The molecule has 2 aromatic heterocycles. The summed E-state index contributed by atoms with van der Waals surface area (Å²) >= 11 is 1.78. The number of nitrogens with one attached hydrogen (secondary N) is 2. The van der Waals surface area contributed by atoms with Gasteiger partial charge in [-0.15, -0.1) is 45.5 Å². The van der Waals surface area contributed by atoms with Crippen LogP contribution in [0, 0.1) is 12.8 Å². The van der Waals surface area contributed by atoms with Crippen LogP contribution in [0.25, 0.3) is 0 Å². The maximum absolute atomic E-state index is 11.7. The number of aliphatic imine (C=N–C) groups is 1. The van der Waals surface area contributed by atoms with Gasteiger partial charge in [0.05, 0.1) is 0 Å². The zero-order chi connectivity index (χ0) is 20.6. The second-order valence-electron chi connectivity index (χ2n) is 7.43. The number of carbonyl (C=O) groups is 1. The second kappa shape index (κ2) is 12.2. The van der Waals surface area contributed by atoms with Crippen molar-refractivity contribution in [3.05, 3.63) is 34.0 Å². The van der Waals surface area contributed by atoms with Gasteiger partial charge in [0.15, 0.2) is 11.8 Å². The molecule has 8 nitrogen and oxygen atoms in total. The minimum Gasteiger partial charge on any atom is -0.359 e. The molecule has 1 aliphatic rings. The van der Waals surface area contributed by atoms with E-state index in [9.17, 15) is 4.79 Å². The Morgan fingerprint density at radius 3 is 2.70 bits per heavy atom. The van der Waals surface area contributed by atoms with Crippen molar-refractivity contribution >= 4 is 47.2 Å². The molecule has 1 saturated heterocycles. The van der Waals surface area contributed by atoms with Crippen LogP contribution in [0.2, 0.25) is 0 Å². The van der Waals surface area contributed by atoms with E-state index >= 15 is 0 Å². The molecule has 0 bridgehead atoms. The molecule has 1 fully saturated rings. The molecule has 1 aliphatic heterocycles. The van der Waals surface area contributed by atoms with E-state index in [2.05, 4.69) is 43.2 Å². The maximum Gasteiger partial charge on any atom is 0.220 e. The number of halogens is 1. The average molecular weight is 545 g/mol. The van der Waals surface area contributed by atoms with Crippen LogP contribution < -0.4 is 10.6 Å². The maximum atomic E-state index is 11.7. The number of piperidine rings is 1. The first-order valence-electron chi connectivity index (χ1n) is 10.2. The lowest BCUT2D eigenvalue weighted by atomic mass is 9.93. The van der Waals surface area contributed by atoms with Crippen molar-refractivity contribution in [1.29, 1.82) is 0 Å². The Morgan fingerprint density at radius 2 is 2.10 bits per heavy atom. The van der Waals surface area contributed by atoms with E-state index in [0.29, 0.717) is 18.9 Å². The number of aryl methyl sites for hydroxylation is 1. The summed E-state index contributed by atoms with van der Waals surface area (Å²) in [4.78, 5) is 20.2. The van der Waals surface area contributed by atoms with Gasteiger partial charge in [0.2, 0.25) is 5.91 Å². The van der Waals surface area contributed by atoms with Gasteiger partial charge >= 0.3 is 0 Å². The van der Waals surface area contributed by atoms with E-state index in [-0.39, 0.29) is 29.9 Å². The minimum absolute atomic E-state index is 0. The van der Waals surface area contributed by atoms with Gasteiger partial charge in [-0.2, -0.15) is 0 Å². The zero-order valence-electron chi connectivity index (χ0n) is 17.9. The molecule has 2 N–H and O–H groups in total. The van der Waals surface area contributed by atoms with Crippen LogP contribution in [-0.4, -0.2) is 58.2 Å². The molecule has 0 radical (unpaired) electrons. The highest BCUT2D eigenvalue weighted by atomic mass is 127. The Balaban J connectivity index is 0.00000320. The predicted molar refractivity (Wildman–Crippen MR) is 131 cm³/mol. The van der Waals surface area contributed by atoms with Crippen molar-refractivity contribution in [2.75, 3.05) is 26.7 Å². The molecule has 0 aliphatic carbocycles. The van der Waals surface area contributed by atoms with Gasteiger partial charge < -0.3 is 20.1 Å². The normalized spacial score (nSPS) is 15.0. The van der Waals surface area contributed by atoms with Gasteiger partial charge in [0.25, 0.3) is 0 Å². The highest BCUT2D eigenvalue weighted by Crippen LogP contribution is 2.20. The lowest BCUT2D eigenvalue weighted by molar-refractivity contribution is -0.121. The molecule has 10 heteroatoms. The number of nitrogens with zero attached hydrogens (tertiary/aromatic N) is 5. The quantitative estimate of drug-likeness (QED) is 0.317. The van der Waals surface area contributed by atoms with Crippen molar-refractivity contribution in [2.24, 2.45) is 18.0 Å². The van der Waals surface area contributed by atoms with Gasteiger partial charge in [0.1, 0.15) is 12.4 Å². The number of aromatic nitrogens is 3. The number of hydrogen-bond donors (Lipinski definition) is 2. The number of thiophene rings is 1. The smallest absolute Gasteiger partial charge is 0.220 e. The molecule has 0 saturated carbocycles. The minimum atomic E-state index is 0. The number of rotatable bonds is 7. The first-order chi connectivity index (χ1) is 14.1. The van der Waals surface area contributed by atoms with Gasteiger partial charge in [-0.25, -0.2) is 4.99 Å². The molecule has 3 heterocycles. The first kappa shape index (κ1) is 24.6. The molecule has 2 aromatic rings. The molecule has 166 valence electrons. The van der Waals surface area contributed by atoms with Crippen LogP contribution >= 0.6 is 35.3 Å². The number of guanidine groups is 1. The number of carbonyl (C=O) groups excluding carboxylic acids is 1. The summed E-state index contributed by atoms with van der Waals surface area (Å²) in [6.07, 6.45) is 3.60. The van der Waals surface area contributed by atoms with Crippen molar-refractivity contribution < 1.29 is 4.79 Å². The fraction of sp³-hybridized carbons (Fsp3) is 0.600. The van der Waals surface area contributed by atoms with Crippen LogP contribution in [0.3, 0.4) is 0 Å². The molecule has 0 spiro atoms. The summed E-state index contributed by atoms with van der Waals surface area (Å²) in [5.74, 6) is 3.23. The molecular formula is C20H32IN7OS.